The maximum atomic E-state index is 6.04. The van der Waals surface area contributed by atoms with Crippen molar-refractivity contribution < 1.29 is 4.74 Å². The van der Waals surface area contributed by atoms with Gasteiger partial charge in [-0.15, -0.1) is 6.58 Å². The second kappa shape index (κ2) is 10.4. The lowest BCUT2D eigenvalue weighted by molar-refractivity contribution is -0.0696. The lowest BCUT2D eigenvalue weighted by Crippen LogP contribution is -2.53. The number of methoxy groups -OCH3 is 1. The highest BCUT2D eigenvalue weighted by Crippen LogP contribution is 2.36. The van der Waals surface area contributed by atoms with E-state index >= 15 is 0 Å². The van der Waals surface area contributed by atoms with E-state index in [1.165, 1.54) is 64.2 Å². The summed E-state index contributed by atoms with van der Waals surface area (Å²) < 4.78 is 6.04. The Morgan fingerprint density at radius 1 is 1.20 bits per heavy atom. The van der Waals surface area contributed by atoms with Gasteiger partial charge in [0.2, 0.25) is 0 Å². The summed E-state index contributed by atoms with van der Waals surface area (Å²) in [6, 6.07) is 0.538. The van der Waals surface area contributed by atoms with Crippen LogP contribution in [-0.2, 0) is 4.74 Å². The Kier molecular flexibility index (Phi) is 9.21. The monoisotopic (exact) mass is 281 g/mol. The average molecular weight is 281 g/mol. The molecule has 0 radical (unpaired) electrons. The normalized spacial score (nSPS) is 19.7. The van der Waals surface area contributed by atoms with Crippen molar-refractivity contribution in [3.63, 3.8) is 0 Å². The third-order valence-electron chi connectivity index (χ3n) is 4.78. The topological polar surface area (TPSA) is 21.3 Å². The highest BCUT2D eigenvalue weighted by atomic mass is 16.5. The molecule has 20 heavy (non-hydrogen) atoms. The third kappa shape index (κ3) is 5.57. The van der Waals surface area contributed by atoms with Crippen molar-refractivity contribution in [2.24, 2.45) is 0 Å². The van der Waals surface area contributed by atoms with Crippen LogP contribution in [0.4, 0.5) is 0 Å². The molecular weight excluding hydrogens is 246 g/mol. The minimum atomic E-state index is 0.103. The van der Waals surface area contributed by atoms with Gasteiger partial charge in [-0.05, 0) is 45.1 Å². The van der Waals surface area contributed by atoms with Crippen LogP contribution in [0, 0.1) is 0 Å². The van der Waals surface area contributed by atoms with E-state index in [0.29, 0.717) is 6.04 Å². The summed E-state index contributed by atoms with van der Waals surface area (Å²) in [5.41, 5.74) is 0.103. The van der Waals surface area contributed by atoms with E-state index in [1.807, 2.05) is 13.2 Å². The number of ether oxygens (including phenoxy) is 1. The van der Waals surface area contributed by atoms with Crippen molar-refractivity contribution in [1.82, 2.24) is 5.32 Å². The molecule has 0 spiro atoms. The van der Waals surface area contributed by atoms with Gasteiger partial charge in [-0.3, -0.25) is 0 Å². The van der Waals surface area contributed by atoms with Crippen LogP contribution in [0.3, 0.4) is 0 Å². The molecule has 2 nitrogen and oxygen atoms in total. The zero-order valence-corrected chi connectivity index (χ0v) is 13.8. The van der Waals surface area contributed by atoms with Gasteiger partial charge in [-0.1, -0.05) is 45.1 Å². The molecule has 0 aliphatic heterocycles. The Morgan fingerprint density at radius 2 is 1.95 bits per heavy atom. The van der Waals surface area contributed by atoms with Crippen LogP contribution in [0.1, 0.15) is 77.6 Å². The largest absolute Gasteiger partial charge is 0.377 e. The van der Waals surface area contributed by atoms with Gasteiger partial charge in [0.1, 0.15) is 0 Å². The number of hydrogen-bond donors (Lipinski definition) is 1. The van der Waals surface area contributed by atoms with Gasteiger partial charge in [0.25, 0.3) is 0 Å². The first-order valence-electron chi connectivity index (χ1n) is 8.68. The third-order valence-corrected chi connectivity index (χ3v) is 4.78. The van der Waals surface area contributed by atoms with E-state index in [9.17, 15) is 0 Å². The molecule has 0 bridgehead atoms. The molecule has 118 valence electrons. The summed E-state index contributed by atoms with van der Waals surface area (Å²) in [6.45, 7) is 7.16. The SMILES string of the molecule is C=CCCCCCC(NCCC)C1(OC)CCCCC1. The number of nitrogens with one attached hydrogen (secondary N) is 1. The van der Waals surface area contributed by atoms with E-state index in [4.69, 9.17) is 4.74 Å². The Bertz CT molecular complexity index is 246. The minimum Gasteiger partial charge on any atom is -0.377 e. The average Bonchev–Trinajstić information content (AvgIpc) is 2.50. The van der Waals surface area contributed by atoms with Crippen LogP contribution in [0.25, 0.3) is 0 Å². The Balaban J connectivity index is 2.49. The fourth-order valence-corrected chi connectivity index (χ4v) is 3.53. The van der Waals surface area contributed by atoms with Crippen molar-refractivity contribution in [3.05, 3.63) is 12.7 Å². The van der Waals surface area contributed by atoms with Crippen LogP contribution in [0.15, 0.2) is 12.7 Å². The molecule has 1 N–H and O–H groups in total. The maximum absolute atomic E-state index is 6.04. The molecular formula is C18H35NO. The zero-order chi connectivity index (χ0) is 14.7. The molecule has 0 aromatic rings. The second-order valence-electron chi connectivity index (χ2n) is 6.26. The highest BCUT2D eigenvalue weighted by Gasteiger charge is 2.39. The summed E-state index contributed by atoms with van der Waals surface area (Å²) in [5.74, 6) is 0. The molecule has 1 fully saturated rings. The number of allylic oxidation sites excluding steroid dienone is 1. The van der Waals surface area contributed by atoms with Crippen LogP contribution in [-0.4, -0.2) is 25.3 Å². The van der Waals surface area contributed by atoms with E-state index in [-0.39, 0.29) is 5.60 Å². The molecule has 1 atom stereocenters. The Labute approximate surface area is 126 Å². The number of unbranched alkanes of at least 4 members (excludes halogenated alkanes) is 3. The molecule has 1 aliphatic carbocycles. The number of hydrogen-bond acceptors (Lipinski definition) is 2. The molecule has 0 aromatic carbocycles. The van der Waals surface area contributed by atoms with Crippen molar-refractivity contribution in [1.29, 1.82) is 0 Å². The van der Waals surface area contributed by atoms with E-state index < -0.39 is 0 Å². The van der Waals surface area contributed by atoms with E-state index in [1.54, 1.807) is 0 Å². The molecule has 0 heterocycles. The zero-order valence-electron chi connectivity index (χ0n) is 13.8. The van der Waals surface area contributed by atoms with Crippen LogP contribution < -0.4 is 5.32 Å². The molecule has 1 aliphatic rings. The molecule has 2 heteroatoms. The van der Waals surface area contributed by atoms with Gasteiger partial charge in [-0.2, -0.15) is 0 Å². The minimum absolute atomic E-state index is 0.103. The quantitative estimate of drug-likeness (QED) is 0.432. The Hall–Kier alpha value is -0.340. The Morgan fingerprint density at radius 3 is 2.55 bits per heavy atom. The second-order valence-corrected chi connectivity index (χ2v) is 6.26. The maximum Gasteiger partial charge on any atom is 0.0830 e. The summed E-state index contributed by atoms with van der Waals surface area (Å²) in [7, 11) is 1.92. The van der Waals surface area contributed by atoms with Crippen molar-refractivity contribution in [2.75, 3.05) is 13.7 Å². The molecule has 1 saturated carbocycles. The van der Waals surface area contributed by atoms with Gasteiger partial charge in [0, 0.05) is 13.2 Å². The van der Waals surface area contributed by atoms with E-state index in [2.05, 4.69) is 18.8 Å². The fourth-order valence-electron chi connectivity index (χ4n) is 3.53. The van der Waals surface area contributed by atoms with Crippen LogP contribution >= 0.6 is 0 Å². The van der Waals surface area contributed by atoms with Crippen LogP contribution in [0.2, 0.25) is 0 Å². The summed E-state index contributed by atoms with van der Waals surface area (Å²) in [6.07, 6.45) is 16.1. The molecule has 1 unspecified atom stereocenters. The van der Waals surface area contributed by atoms with Gasteiger partial charge in [0.05, 0.1) is 5.60 Å². The summed E-state index contributed by atoms with van der Waals surface area (Å²) in [4.78, 5) is 0. The molecule has 1 rings (SSSR count). The standard InChI is InChI=1S/C18H35NO/c1-4-6-7-8-10-13-17(19-16-5-2)18(20-3)14-11-9-12-15-18/h4,17,19H,1,5-16H2,2-3H3. The highest BCUT2D eigenvalue weighted by molar-refractivity contribution is 4.95. The molecule has 0 saturated heterocycles. The molecule has 0 amide bonds. The van der Waals surface area contributed by atoms with Crippen molar-refractivity contribution in [2.45, 2.75) is 89.2 Å². The summed E-state index contributed by atoms with van der Waals surface area (Å²) in [5, 5.41) is 3.78. The smallest absolute Gasteiger partial charge is 0.0830 e. The first kappa shape index (κ1) is 17.7. The van der Waals surface area contributed by atoms with Crippen molar-refractivity contribution in [3.8, 4) is 0 Å². The van der Waals surface area contributed by atoms with Gasteiger partial charge in [0.15, 0.2) is 0 Å². The lowest BCUT2D eigenvalue weighted by atomic mass is 9.77. The molecule has 0 aromatic heterocycles. The number of rotatable bonds is 11. The van der Waals surface area contributed by atoms with Gasteiger partial charge in [-0.25, -0.2) is 0 Å². The predicted octanol–water partition coefficient (Wildman–Crippen LogP) is 4.84. The van der Waals surface area contributed by atoms with Crippen molar-refractivity contribution >= 4 is 0 Å². The van der Waals surface area contributed by atoms with E-state index in [0.717, 1.165) is 13.0 Å². The van der Waals surface area contributed by atoms with Gasteiger partial charge < -0.3 is 10.1 Å². The lowest BCUT2D eigenvalue weighted by Gasteiger charge is -2.43. The predicted molar refractivity (Wildman–Crippen MR) is 88.2 cm³/mol. The van der Waals surface area contributed by atoms with Gasteiger partial charge >= 0.3 is 0 Å². The van der Waals surface area contributed by atoms with Crippen LogP contribution in [0.5, 0.6) is 0 Å². The first-order chi connectivity index (χ1) is 9.79. The first-order valence-corrected chi connectivity index (χ1v) is 8.68. The summed E-state index contributed by atoms with van der Waals surface area (Å²) >= 11 is 0. The fraction of sp³-hybridized carbons (Fsp3) is 0.889.